The fourth-order valence-corrected chi connectivity index (χ4v) is 3.26. The Morgan fingerprint density at radius 3 is 2.71 bits per heavy atom. The maximum absolute atomic E-state index is 6.13. The molecule has 0 bridgehead atoms. The highest BCUT2D eigenvalue weighted by molar-refractivity contribution is 6.31. The van der Waals surface area contributed by atoms with E-state index in [1.807, 2.05) is 18.2 Å². The average molecular weight is 292 g/mol. The maximum Gasteiger partial charge on any atom is 0.0722 e. The van der Waals surface area contributed by atoms with Crippen molar-refractivity contribution in [3.63, 3.8) is 0 Å². The van der Waals surface area contributed by atoms with Gasteiger partial charge in [0.05, 0.1) is 5.71 Å². The molecule has 1 heterocycles. The smallest absolute Gasteiger partial charge is 0.0722 e. The summed E-state index contributed by atoms with van der Waals surface area (Å²) in [6.07, 6.45) is 1.00. The molecule has 0 saturated carbocycles. The maximum atomic E-state index is 6.13. The SMILES string of the molecule is Clc1cccc(C2=NCCc3c2ccc2ccccc32)c1. The van der Waals surface area contributed by atoms with E-state index in [2.05, 4.69) is 42.5 Å². The third kappa shape index (κ3) is 2.14. The average Bonchev–Trinajstić information content (AvgIpc) is 2.54. The molecule has 102 valence electrons. The minimum Gasteiger partial charge on any atom is -0.284 e. The van der Waals surface area contributed by atoms with Gasteiger partial charge in [-0.25, -0.2) is 0 Å². The van der Waals surface area contributed by atoms with Gasteiger partial charge < -0.3 is 0 Å². The first kappa shape index (κ1) is 12.6. The lowest BCUT2D eigenvalue weighted by Crippen LogP contribution is -2.14. The van der Waals surface area contributed by atoms with Gasteiger partial charge in [0, 0.05) is 22.7 Å². The fraction of sp³-hybridized carbons (Fsp3) is 0.105. The highest BCUT2D eigenvalue weighted by Gasteiger charge is 2.17. The number of fused-ring (bicyclic) bond motifs is 3. The summed E-state index contributed by atoms with van der Waals surface area (Å²) in [5, 5.41) is 3.39. The van der Waals surface area contributed by atoms with Crippen LogP contribution in [0.25, 0.3) is 10.8 Å². The summed E-state index contributed by atoms with van der Waals surface area (Å²) in [5.74, 6) is 0. The molecule has 0 spiro atoms. The Morgan fingerprint density at radius 1 is 0.905 bits per heavy atom. The first-order chi connectivity index (χ1) is 10.3. The normalized spacial score (nSPS) is 13.9. The second kappa shape index (κ2) is 5.01. The van der Waals surface area contributed by atoms with E-state index in [1.165, 1.54) is 21.9 Å². The standard InChI is InChI=1S/C19H14ClN/c20-15-6-3-5-14(12-15)19-18-9-8-13-4-1-2-7-16(13)17(18)10-11-21-19/h1-9,12H,10-11H2. The highest BCUT2D eigenvalue weighted by Crippen LogP contribution is 2.28. The molecule has 0 aromatic heterocycles. The monoisotopic (exact) mass is 291 g/mol. The molecule has 0 radical (unpaired) electrons. The van der Waals surface area contributed by atoms with E-state index in [9.17, 15) is 0 Å². The summed E-state index contributed by atoms with van der Waals surface area (Å²) in [4.78, 5) is 4.75. The van der Waals surface area contributed by atoms with Gasteiger partial charge in [0.25, 0.3) is 0 Å². The van der Waals surface area contributed by atoms with Crippen LogP contribution in [0.1, 0.15) is 16.7 Å². The van der Waals surface area contributed by atoms with Crippen molar-refractivity contribution in [1.29, 1.82) is 0 Å². The summed E-state index contributed by atoms with van der Waals surface area (Å²) in [7, 11) is 0. The Morgan fingerprint density at radius 2 is 1.81 bits per heavy atom. The summed E-state index contributed by atoms with van der Waals surface area (Å²) in [6, 6.07) is 20.9. The second-order valence-electron chi connectivity index (χ2n) is 5.30. The third-order valence-corrected chi connectivity index (χ3v) is 4.26. The molecule has 0 unspecified atom stereocenters. The minimum absolute atomic E-state index is 0.753. The van der Waals surface area contributed by atoms with Gasteiger partial charge in [0.15, 0.2) is 0 Å². The van der Waals surface area contributed by atoms with Crippen LogP contribution in [-0.4, -0.2) is 12.3 Å². The number of hydrogen-bond acceptors (Lipinski definition) is 1. The molecule has 21 heavy (non-hydrogen) atoms. The van der Waals surface area contributed by atoms with Crippen molar-refractivity contribution in [3.05, 3.63) is 82.4 Å². The van der Waals surface area contributed by atoms with Crippen molar-refractivity contribution in [3.8, 4) is 0 Å². The molecule has 4 rings (SSSR count). The molecule has 3 aromatic carbocycles. The van der Waals surface area contributed by atoms with Crippen LogP contribution in [0, 0.1) is 0 Å². The number of rotatable bonds is 1. The Balaban J connectivity index is 1.95. The number of nitrogens with zero attached hydrogens (tertiary/aromatic N) is 1. The van der Waals surface area contributed by atoms with Gasteiger partial charge in [0.2, 0.25) is 0 Å². The van der Waals surface area contributed by atoms with Gasteiger partial charge in [-0.3, -0.25) is 4.99 Å². The lowest BCUT2D eigenvalue weighted by atomic mass is 9.89. The van der Waals surface area contributed by atoms with Crippen LogP contribution >= 0.6 is 11.6 Å². The summed E-state index contributed by atoms with van der Waals surface area (Å²) in [6.45, 7) is 0.836. The Labute approximate surface area is 128 Å². The van der Waals surface area contributed by atoms with Crippen molar-refractivity contribution in [1.82, 2.24) is 0 Å². The van der Waals surface area contributed by atoms with Crippen molar-refractivity contribution >= 4 is 28.1 Å². The molecule has 0 saturated heterocycles. The first-order valence-electron chi connectivity index (χ1n) is 7.14. The largest absolute Gasteiger partial charge is 0.284 e. The first-order valence-corrected chi connectivity index (χ1v) is 7.52. The van der Waals surface area contributed by atoms with Crippen molar-refractivity contribution < 1.29 is 0 Å². The van der Waals surface area contributed by atoms with E-state index in [0.29, 0.717) is 0 Å². The van der Waals surface area contributed by atoms with Gasteiger partial charge in [-0.15, -0.1) is 0 Å². The predicted octanol–water partition coefficient (Wildman–Crippen LogP) is 4.89. The van der Waals surface area contributed by atoms with Crippen LogP contribution in [0.15, 0.2) is 65.7 Å². The van der Waals surface area contributed by atoms with E-state index >= 15 is 0 Å². The molecule has 2 heteroatoms. The molecule has 3 aromatic rings. The topological polar surface area (TPSA) is 12.4 Å². The summed E-state index contributed by atoms with van der Waals surface area (Å²) >= 11 is 6.13. The number of halogens is 1. The zero-order valence-electron chi connectivity index (χ0n) is 11.5. The number of benzene rings is 3. The van der Waals surface area contributed by atoms with Crippen LogP contribution in [0.4, 0.5) is 0 Å². The molecular weight excluding hydrogens is 278 g/mol. The van der Waals surface area contributed by atoms with E-state index in [4.69, 9.17) is 16.6 Å². The fourth-order valence-electron chi connectivity index (χ4n) is 3.07. The van der Waals surface area contributed by atoms with Crippen LogP contribution < -0.4 is 0 Å². The number of hydrogen-bond donors (Lipinski definition) is 0. The Hall–Kier alpha value is -2.12. The molecule has 0 fully saturated rings. The van der Waals surface area contributed by atoms with Crippen molar-refractivity contribution in [2.75, 3.05) is 6.54 Å². The summed E-state index contributed by atoms with van der Waals surface area (Å²) < 4.78 is 0. The van der Waals surface area contributed by atoms with Gasteiger partial charge in [0.1, 0.15) is 0 Å². The number of aliphatic imine (C=N–C) groups is 1. The molecule has 0 aliphatic carbocycles. The van der Waals surface area contributed by atoms with Gasteiger partial charge in [-0.1, -0.05) is 60.1 Å². The lowest BCUT2D eigenvalue weighted by molar-refractivity contribution is 0.953. The van der Waals surface area contributed by atoms with E-state index in [0.717, 1.165) is 29.3 Å². The van der Waals surface area contributed by atoms with Crippen LogP contribution in [0.5, 0.6) is 0 Å². The minimum atomic E-state index is 0.753. The van der Waals surface area contributed by atoms with Crippen LogP contribution in [0.2, 0.25) is 5.02 Å². The third-order valence-electron chi connectivity index (χ3n) is 4.03. The van der Waals surface area contributed by atoms with Crippen molar-refractivity contribution in [2.24, 2.45) is 4.99 Å². The Bertz CT molecular complexity index is 864. The summed E-state index contributed by atoms with van der Waals surface area (Å²) in [5.41, 5.74) is 4.79. The second-order valence-corrected chi connectivity index (χ2v) is 5.74. The molecule has 1 aliphatic rings. The van der Waals surface area contributed by atoms with Crippen LogP contribution in [0.3, 0.4) is 0 Å². The highest BCUT2D eigenvalue weighted by atomic mass is 35.5. The van der Waals surface area contributed by atoms with Crippen molar-refractivity contribution in [2.45, 2.75) is 6.42 Å². The van der Waals surface area contributed by atoms with Gasteiger partial charge >= 0.3 is 0 Å². The van der Waals surface area contributed by atoms with Gasteiger partial charge in [-0.2, -0.15) is 0 Å². The zero-order chi connectivity index (χ0) is 14.2. The molecular formula is C19H14ClN. The molecule has 0 amide bonds. The molecule has 0 N–H and O–H groups in total. The van der Waals surface area contributed by atoms with E-state index < -0.39 is 0 Å². The molecule has 0 atom stereocenters. The molecule has 1 nitrogen and oxygen atoms in total. The van der Waals surface area contributed by atoms with E-state index in [1.54, 1.807) is 0 Å². The molecule has 1 aliphatic heterocycles. The predicted molar refractivity (Wildman–Crippen MR) is 89.6 cm³/mol. The van der Waals surface area contributed by atoms with Gasteiger partial charge in [-0.05, 0) is 34.9 Å². The van der Waals surface area contributed by atoms with Crippen LogP contribution in [-0.2, 0) is 6.42 Å². The zero-order valence-corrected chi connectivity index (χ0v) is 12.3. The lowest BCUT2D eigenvalue weighted by Gasteiger charge is -2.19. The van der Waals surface area contributed by atoms with E-state index in [-0.39, 0.29) is 0 Å². The Kier molecular flexibility index (Phi) is 3.01. The quantitative estimate of drug-likeness (QED) is 0.605.